The minimum atomic E-state index is -0.00515. The maximum atomic E-state index is 2.30. The van der Waals surface area contributed by atoms with Gasteiger partial charge in [-0.15, -0.1) is 0 Å². The summed E-state index contributed by atoms with van der Waals surface area (Å²) in [6, 6.07) is 20.0. The van der Waals surface area contributed by atoms with Gasteiger partial charge >= 0.3 is 115 Å². The molecule has 0 radical (unpaired) electrons. The third-order valence-corrected chi connectivity index (χ3v) is 5.19. The number of rotatable bonds is 4. The average Bonchev–Trinajstić information content (AvgIpc) is 2.32. The maximum absolute atomic E-state index is 2.30. The van der Waals surface area contributed by atoms with E-state index < -0.39 is 0 Å². The molecule has 0 N–H and O–H groups in total. The van der Waals surface area contributed by atoms with Gasteiger partial charge in [-0.05, 0) is 0 Å². The van der Waals surface area contributed by atoms with Crippen LogP contribution in [-0.4, -0.2) is 0 Å². The molecule has 0 saturated heterocycles. The molecular formula is C16H18I-. The summed E-state index contributed by atoms with van der Waals surface area (Å²) in [4.78, 5) is 0. The molecule has 0 unspecified atom stereocenters. The van der Waals surface area contributed by atoms with Crippen molar-refractivity contribution in [2.45, 2.75) is 20.3 Å². The summed E-state index contributed by atoms with van der Waals surface area (Å²) >= 11 is -0.00515. The Labute approximate surface area is 114 Å². The Bertz CT molecular complexity index is 443. The predicted molar refractivity (Wildman–Crippen MR) is 68.8 cm³/mol. The molecule has 0 nitrogen and oxygen atoms in total. The summed E-state index contributed by atoms with van der Waals surface area (Å²) in [6.45, 7) is 4.54. The van der Waals surface area contributed by atoms with E-state index in [9.17, 15) is 0 Å². The van der Waals surface area contributed by atoms with Gasteiger partial charge in [0.15, 0.2) is 0 Å². The van der Waals surface area contributed by atoms with Crippen LogP contribution in [0.4, 0.5) is 0 Å². The number of hydrogen-bond acceptors (Lipinski definition) is 0. The first-order chi connectivity index (χ1) is 8.24. The molecule has 2 aromatic rings. The fraction of sp³-hybridized carbons (Fsp3) is 0.250. The van der Waals surface area contributed by atoms with Crippen LogP contribution in [-0.2, 0) is 6.42 Å². The molecular weight excluding hydrogens is 319 g/mol. The first-order valence-corrected chi connectivity index (χ1v) is 8.18. The van der Waals surface area contributed by atoms with Crippen LogP contribution in [0.1, 0.15) is 19.4 Å². The Kier molecular flexibility index (Phi) is 4.60. The minimum absolute atomic E-state index is 0.00515. The summed E-state index contributed by atoms with van der Waals surface area (Å²) in [5.74, 6) is 0.740. The molecule has 0 bridgehead atoms. The summed E-state index contributed by atoms with van der Waals surface area (Å²) < 4.78 is 2.99. The third kappa shape index (κ3) is 4.15. The first-order valence-electron chi connectivity index (χ1n) is 6.03. The van der Waals surface area contributed by atoms with Gasteiger partial charge in [-0.1, -0.05) is 0 Å². The van der Waals surface area contributed by atoms with Crippen molar-refractivity contribution in [3.63, 3.8) is 0 Å². The zero-order chi connectivity index (χ0) is 12.1. The van der Waals surface area contributed by atoms with Gasteiger partial charge < -0.3 is 0 Å². The Hall–Kier alpha value is -0.830. The van der Waals surface area contributed by atoms with Gasteiger partial charge in [0, 0.05) is 0 Å². The molecule has 17 heavy (non-hydrogen) atoms. The van der Waals surface area contributed by atoms with E-state index in [2.05, 4.69) is 68.4 Å². The van der Waals surface area contributed by atoms with Gasteiger partial charge in [0.05, 0.1) is 0 Å². The Morgan fingerprint density at radius 3 is 2.00 bits per heavy atom. The van der Waals surface area contributed by atoms with Crippen molar-refractivity contribution >= 4 is 0 Å². The van der Waals surface area contributed by atoms with E-state index in [0.717, 1.165) is 5.92 Å². The van der Waals surface area contributed by atoms with Crippen molar-refractivity contribution in [1.82, 2.24) is 0 Å². The zero-order valence-corrected chi connectivity index (χ0v) is 12.5. The van der Waals surface area contributed by atoms with E-state index in [1.165, 1.54) is 19.1 Å². The molecule has 1 heteroatoms. The number of halogens is 1. The van der Waals surface area contributed by atoms with E-state index in [1.54, 1.807) is 0 Å². The van der Waals surface area contributed by atoms with E-state index in [-0.39, 0.29) is 21.2 Å². The van der Waals surface area contributed by atoms with Crippen molar-refractivity contribution in [3.8, 4) is 0 Å². The molecule has 0 fully saturated rings. The fourth-order valence-electron chi connectivity index (χ4n) is 1.76. The summed E-state index contributed by atoms with van der Waals surface area (Å²) in [5, 5.41) is 0. The molecule has 0 amide bonds. The molecule has 0 aromatic heterocycles. The van der Waals surface area contributed by atoms with Crippen LogP contribution in [0.25, 0.3) is 0 Å². The van der Waals surface area contributed by atoms with Crippen LogP contribution in [0.5, 0.6) is 0 Å². The number of hydrogen-bond donors (Lipinski definition) is 0. The normalized spacial score (nSPS) is 11.0. The van der Waals surface area contributed by atoms with Gasteiger partial charge in [-0.25, -0.2) is 0 Å². The van der Waals surface area contributed by atoms with E-state index in [0.29, 0.717) is 0 Å². The Morgan fingerprint density at radius 1 is 0.824 bits per heavy atom. The van der Waals surface area contributed by atoms with Gasteiger partial charge in [0.25, 0.3) is 0 Å². The van der Waals surface area contributed by atoms with E-state index >= 15 is 0 Å². The van der Waals surface area contributed by atoms with Crippen molar-refractivity contribution < 1.29 is 21.2 Å². The summed E-state index contributed by atoms with van der Waals surface area (Å²) in [5.41, 5.74) is 1.46. The molecule has 90 valence electrons. The summed E-state index contributed by atoms with van der Waals surface area (Å²) in [6.07, 6.45) is 1.18. The van der Waals surface area contributed by atoms with Crippen molar-refractivity contribution in [2.24, 2.45) is 5.92 Å². The summed E-state index contributed by atoms with van der Waals surface area (Å²) in [7, 11) is 0. The van der Waals surface area contributed by atoms with Crippen LogP contribution in [0, 0.1) is 13.1 Å². The van der Waals surface area contributed by atoms with Crippen molar-refractivity contribution in [3.05, 3.63) is 67.3 Å². The van der Waals surface area contributed by atoms with Gasteiger partial charge in [0.1, 0.15) is 0 Å². The van der Waals surface area contributed by atoms with Crippen LogP contribution in [0.3, 0.4) is 0 Å². The van der Waals surface area contributed by atoms with Crippen LogP contribution in [0.2, 0.25) is 0 Å². The third-order valence-electron chi connectivity index (χ3n) is 2.51. The van der Waals surface area contributed by atoms with Crippen molar-refractivity contribution in [1.29, 1.82) is 0 Å². The van der Waals surface area contributed by atoms with Crippen LogP contribution in [0.15, 0.2) is 54.6 Å². The molecule has 0 saturated carbocycles. The molecule has 0 aliphatic rings. The van der Waals surface area contributed by atoms with Crippen LogP contribution < -0.4 is 21.2 Å². The molecule has 0 atom stereocenters. The molecule has 0 aliphatic heterocycles. The van der Waals surface area contributed by atoms with E-state index in [1.807, 2.05) is 0 Å². The van der Waals surface area contributed by atoms with Gasteiger partial charge in [-0.2, -0.15) is 0 Å². The zero-order valence-electron chi connectivity index (χ0n) is 10.4. The van der Waals surface area contributed by atoms with Crippen LogP contribution >= 0.6 is 0 Å². The van der Waals surface area contributed by atoms with Crippen molar-refractivity contribution in [2.75, 3.05) is 0 Å². The van der Waals surface area contributed by atoms with Gasteiger partial charge in [-0.3, -0.25) is 0 Å². The second kappa shape index (κ2) is 6.20. The fourth-order valence-corrected chi connectivity index (χ4v) is 3.97. The standard InChI is InChI=1S/C16H18I/c1-13(2)12-14-8-10-16(11-9-14)17-15-6-4-3-5-7-15/h3-11,13H,12H2,1-2H3/q-1. The predicted octanol–water partition coefficient (Wildman–Crippen LogP) is 1.01. The van der Waals surface area contributed by atoms with E-state index in [4.69, 9.17) is 0 Å². The number of benzene rings is 2. The average molecular weight is 337 g/mol. The SMILES string of the molecule is CC(C)Cc1ccc([I-]c2ccccc2)cc1. The first kappa shape index (κ1) is 12.6. The molecule has 0 aliphatic carbocycles. The molecule has 2 aromatic carbocycles. The van der Waals surface area contributed by atoms with Gasteiger partial charge in [0.2, 0.25) is 0 Å². The molecule has 0 spiro atoms. The second-order valence-electron chi connectivity index (χ2n) is 4.61. The molecule has 0 heterocycles. The topological polar surface area (TPSA) is 0 Å². The monoisotopic (exact) mass is 337 g/mol. The Morgan fingerprint density at radius 2 is 1.41 bits per heavy atom. The second-order valence-corrected chi connectivity index (χ2v) is 7.65. The Balaban J connectivity index is 2.03. The molecule has 2 rings (SSSR count). The quantitative estimate of drug-likeness (QED) is 0.731.